The first-order valence-corrected chi connectivity index (χ1v) is 13.6. The molecule has 0 saturated heterocycles. The monoisotopic (exact) mass is 556 g/mol. The van der Waals surface area contributed by atoms with Crippen LogP contribution in [0.15, 0.2) is 18.2 Å². The van der Waals surface area contributed by atoms with Gasteiger partial charge in [-0.2, -0.15) is 0 Å². The Balaban J connectivity index is 1.60. The van der Waals surface area contributed by atoms with Crippen LogP contribution in [0.1, 0.15) is 83.8 Å². The minimum atomic E-state index is -0.528. The molecule has 32 heavy (non-hydrogen) atoms. The lowest BCUT2D eigenvalue weighted by Crippen LogP contribution is -2.28. The average Bonchev–Trinajstić information content (AvgIpc) is 3.02. The summed E-state index contributed by atoms with van der Waals surface area (Å²) in [6.45, 7) is 8.28. The Morgan fingerprint density at radius 1 is 1.25 bits per heavy atom. The molecule has 0 aliphatic heterocycles. The fraction of sp³-hybridized carbons (Fsp3) is 0.741. The Labute approximate surface area is 208 Å². The van der Waals surface area contributed by atoms with Crippen molar-refractivity contribution >= 4 is 28.6 Å². The van der Waals surface area contributed by atoms with Crippen molar-refractivity contribution in [3.05, 3.63) is 29.3 Å². The Morgan fingerprint density at radius 3 is 2.75 bits per heavy atom. The number of unbranched alkanes of at least 4 members (excludes halogenated alkanes) is 2. The molecule has 1 fully saturated rings. The average molecular weight is 557 g/mol. The third kappa shape index (κ3) is 7.09. The number of esters is 1. The molecule has 0 amide bonds. The molecule has 1 aromatic rings. The first-order chi connectivity index (χ1) is 15.2. The lowest BCUT2D eigenvalue weighted by molar-refractivity contribution is -0.150. The number of hydrogen-bond acceptors (Lipinski definition) is 4. The van der Waals surface area contributed by atoms with Crippen LogP contribution in [0.3, 0.4) is 0 Å². The number of alkyl halides is 1. The van der Waals surface area contributed by atoms with Gasteiger partial charge >= 0.3 is 5.97 Å². The quantitative estimate of drug-likeness (QED) is 0.147. The van der Waals surface area contributed by atoms with Crippen molar-refractivity contribution in [2.24, 2.45) is 23.7 Å². The lowest BCUT2D eigenvalue weighted by Gasteiger charge is -2.33. The molecule has 180 valence electrons. The smallest absolute Gasteiger partial charge is 0.345 e. The van der Waals surface area contributed by atoms with Crippen molar-refractivity contribution in [2.45, 2.75) is 95.2 Å². The van der Waals surface area contributed by atoms with E-state index in [-0.39, 0.29) is 18.7 Å². The number of hydrogen-bond donors (Lipinski definition) is 1. The van der Waals surface area contributed by atoms with Crippen molar-refractivity contribution in [3.63, 3.8) is 0 Å². The van der Waals surface area contributed by atoms with Crippen molar-refractivity contribution < 1.29 is 19.4 Å². The fourth-order valence-electron chi connectivity index (χ4n) is 5.93. The number of rotatable bonds is 11. The summed E-state index contributed by atoms with van der Waals surface area (Å²) in [6, 6.07) is 6.27. The van der Waals surface area contributed by atoms with E-state index in [4.69, 9.17) is 9.47 Å². The minimum absolute atomic E-state index is 0.0497. The van der Waals surface area contributed by atoms with Gasteiger partial charge in [0.15, 0.2) is 10.2 Å². The standard InChI is InChI=1S/C27H41IO4/c1-5-6-7-10-21(29)12-13-22-18(2)14-20-16-24-19(15-23(20)22)9-8-11-25(24)31-17-26(30)32-27(3,4)28/h8-9,11,18,20-23,29H,5-7,10,12-17H2,1-4H3/t18-,20-,21+,22+,23+/m1/s1. The molecule has 4 nitrogen and oxygen atoms in total. The number of aliphatic hydroxyl groups excluding tert-OH is 1. The van der Waals surface area contributed by atoms with Crippen LogP contribution in [0.4, 0.5) is 0 Å². The third-order valence-corrected chi connectivity index (χ3v) is 7.61. The number of ether oxygens (including phenoxy) is 2. The van der Waals surface area contributed by atoms with E-state index in [2.05, 4.69) is 42.5 Å². The van der Waals surface area contributed by atoms with Gasteiger partial charge in [0.1, 0.15) is 5.75 Å². The highest BCUT2D eigenvalue weighted by atomic mass is 127. The number of halogens is 1. The van der Waals surface area contributed by atoms with E-state index in [0.717, 1.165) is 44.3 Å². The van der Waals surface area contributed by atoms with Gasteiger partial charge in [-0.3, -0.25) is 0 Å². The summed E-state index contributed by atoms with van der Waals surface area (Å²) in [6.07, 6.45) is 9.82. The molecule has 0 unspecified atom stereocenters. The van der Waals surface area contributed by atoms with Crippen LogP contribution in [0, 0.1) is 23.7 Å². The molecule has 0 heterocycles. The molecule has 0 radical (unpaired) electrons. The lowest BCUT2D eigenvalue weighted by atomic mass is 9.73. The number of aliphatic hydroxyl groups is 1. The molecule has 0 aromatic heterocycles. The largest absolute Gasteiger partial charge is 0.482 e. The van der Waals surface area contributed by atoms with E-state index in [1.807, 2.05) is 26.0 Å². The number of fused-ring (bicyclic) bond motifs is 2. The molecule has 1 saturated carbocycles. The van der Waals surface area contributed by atoms with Gasteiger partial charge in [-0.1, -0.05) is 45.2 Å². The normalized spacial score (nSPS) is 25.7. The highest BCUT2D eigenvalue weighted by Crippen LogP contribution is 2.51. The Bertz CT molecular complexity index is 757. The predicted octanol–water partition coefficient (Wildman–Crippen LogP) is 6.49. The zero-order chi connectivity index (χ0) is 23.3. The SMILES string of the molecule is CCCCC[C@H](O)CC[C@@H]1[C@H]2Cc3cccc(OCC(=O)OC(C)(C)I)c3C[C@H]2C[C@H]1C. The van der Waals surface area contributed by atoms with Crippen LogP contribution < -0.4 is 4.74 Å². The molecule has 1 aromatic carbocycles. The number of carbonyl (C=O) groups is 1. The molecule has 1 N–H and O–H groups in total. The van der Waals surface area contributed by atoms with E-state index < -0.39 is 3.61 Å². The van der Waals surface area contributed by atoms with Crippen LogP contribution in [-0.4, -0.2) is 27.4 Å². The third-order valence-electron chi connectivity index (χ3n) is 7.39. The van der Waals surface area contributed by atoms with Crippen molar-refractivity contribution in [1.82, 2.24) is 0 Å². The van der Waals surface area contributed by atoms with Crippen molar-refractivity contribution in [2.75, 3.05) is 6.61 Å². The summed E-state index contributed by atoms with van der Waals surface area (Å²) < 4.78 is 10.8. The topological polar surface area (TPSA) is 55.8 Å². The summed E-state index contributed by atoms with van der Waals surface area (Å²) in [5.74, 6) is 3.27. The van der Waals surface area contributed by atoms with E-state index in [1.165, 1.54) is 30.4 Å². The summed E-state index contributed by atoms with van der Waals surface area (Å²) in [5, 5.41) is 10.4. The maximum absolute atomic E-state index is 12.1. The maximum atomic E-state index is 12.1. The zero-order valence-corrected chi connectivity index (χ0v) is 22.4. The van der Waals surface area contributed by atoms with E-state index in [1.54, 1.807) is 0 Å². The molecular formula is C27H41IO4. The molecule has 2 aliphatic carbocycles. The van der Waals surface area contributed by atoms with Crippen LogP contribution in [0.2, 0.25) is 0 Å². The number of carbonyl (C=O) groups excluding carboxylic acids is 1. The van der Waals surface area contributed by atoms with Crippen LogP contribution in [-0.2, 0) is 22.4 Å². The highest BCUT2D eigenvalue weighted by Gasteiger charge is 2.43. The predicted molar refractivity (Wildman–Crippen MR) is 137 cm³/mol. The van der Waals surface area contributed by atoms with Gasteiger partial charge in [0.05, 0.1) is 6.10 Å². The summed E-state index contributed by atoms with van der Waals surface area (Å²) in [4.78, 5) is 12.1. The van der Waals surface area contributed by atoms with Gasteiger partial charge in [-0.05, 0) is 116 Å². The maximum Gasteiger partial charge on any atom is 0.345 e. The van der Waals surface area contributed by atoms with E-state index >= 15 is 0 Å². The Morgan fingerprint density at radius 2 is 2.03 bits per heavy atom. The van der Waals surface area contributed by atoms with Gasteiger partial charge in [0.2, 0.25) is 0 Å². The summed E-state index contributed by atoms with van der Waals surface area (Å²) in [7, 11) is 0. The molecule has 5 atom stereocenters. The Kier molecular flexibility index (Phi) is 9.31. The van der Waals surface area contributed by atoms with Gasteiger partial charge in [0.25, 0.3) is 0 Å². The van der Waals surface area contributed by atoms with Crippen molar-refractivity contribution in [3.8, 4) is 5.75 Å². The second-order valence-corrected chi connectivity index (χ2v) is 13.1. The van der Waals surface area contributed by atoms with Crippen LogP contribution in [0.25, 0.3) is 0 Å². The second-order valence-electron chi connectivity index (χ2n) is 10.5. The molecule has 0 bridgehead atoms. The van der Waals surface area contributed by atoms with Gasteiger partial charge in [-0.15, -0.1) is 0 Å². The van der Waals surface area contributed by atoms with E-state index in [0.29, 0.717) is 23.7 Å². The van der Waals surface area contributed by atoms with E-state index in [9.17, 15) is 9.90 Å². The molecule has 5 heteroatoms. The molecular weight excluding hydrogens is 515 g/mol. The molecule has 0 spiro atoms. The Hall–Kier alpha value is -0.820. The van der Waals surface area contributed by atoms with Crippen LogP contribution in [0.5, 0.6) is 5.75 Å². The van der Waals surface area contributed by atoms with Crippen LogP contribution >= 0.6 is 22.6 Å². The molecule has 3 rings (SSSR count). The van der Waals surface area contributed by atoms with Gasteiger partial charge in [0, 0.05) is 0 Å². The highest BCUT2D eigenvalue weighted by molar-refractivity contribution is 14.1. The molecule has 2 aliphatic rings. The first kappa shape index (κ1) is 25.8. The minimum Gasteiger partial charge on any atom is -0.482 e. The van der Waals surface area contributed by atoms with Crippen molar-refractivity contribution in [1.29, 1.82) is 0 Å². The summed E-state index contributed by atoms with van der Waals surface area (Å²) in [5.41, 5.74) is 2.65. The second kappa shape index (κ2) is 11.5. The van der Waals surface area contributed by atoms with Gasteiger partial charge < -0.3 is 14.6 Å². The zero-order valence-electron chi connectivity index (χ0n) is 20.2. The summed E-state index contributed by atoms with van der Waals surface area (Å²) >= 11 is 2.11. The van der Waals surface area contributed by atoms with Gasteiger partial charge in [-0.25, -0.2) is 4.79 Å². The fourth-order valence-corrected chi connectivity index (χ4v) is 6.18. The first-order valence-electron chi connectivity index (χ1n) is 12.5. The number of benzene rings is 1.